The predicted molar refractivity (Wildman–Crippen MR) is 83.2 cm³/mol. The fourth-order valence-electron chi connectivity index (χ4n) is 1.75. The van der Waals surface area contributed by atoms with Crippen molar-refractivity contribution in [1.29, 1.82) is 0 Å². The van der Waals surface area contributed by atoms with E-state index >= 15 is 0 Å². The van der Waals surface area contributed by atoms with Gasteiger partial charge in [-0.3, -0.25) is 0 Å². The van der Waals surface area contributed by atoms with Gasteiger partial charge in [-0.1, -0.05) is 41.9 Å². The number of benzene rings is 2. The lowest BCUT2D eigenvalue weighted by molar-refractivity contribution is 0.0597. The molecule has 2 N–H and O–H groups in total. The second-order valence-corrected chi connectivity index (χ2v) is 5.54. The summed E-state index contributed by atoms with van der Waals surface area (Å²) in [5.74, 6) is 0.281. The molecule has 0 aliphatic heterocycles. The molecule has 0 radical (unpaired) electrons. The standard InChI is InChI=1S/C15H14ClNO2S/c1-19-15(18)12-7-11(17)8-13(16)14(12)20-9-10-5-3-2-4-6-10/h2-8H,9,17H2,1H3. The quantitative estimate of drug-likeness (QED) is 0.527. The minimum Gasteiger partial charge on any atom is -0.465 e. The number of carbonyl (C=O) groups excluding carboxylic acids is 1. The van der Waals surface area contributed by atoms with E-state index in [0.717, 1.165) is 5.56 Å². The van der Waals surface area contributed by atoms with Crippen molar-refractivity contribution in [2.45, 2.75) is 10.6 Å². The molecule has 0 heterocycles. The first kappa shape index (κ1) is 14.8. The number of anilines is 1. The number of carbonyl (C=O) groups is 1. The van der Waals surface area contributed by atoms with Gasteiger partial charge in [0.1, 0.15) is 0 Å². The van der Waals surface area contributed by atoms with Crippen molar-refractivity contribution < 1.29 is 9.53 Å². The maximum atomic E-state index is 11.8. The zero-order chi connectivity index (χ0) is 14.5. The Balaban J connectivity index is 2.28. The van der Waals surface area contributed by atoms with Gasteiger partial charge in [-0.25, -0.2) is 4.79 Å². The van der Waals surface area contributed by atoms with Crippen molar-refractivity contribution in [3.05, 3.63) is 58.6 Å². The average molecular weight is 308 g/mol. The highest BCUT2D eigenvalue weighted by molar-refractivity contribution is 7.98. The van der Waals surface area contributed by atoms with E-state index < -0.39 is 5.97 Å². The number of nitrogens with two attached hydrogens (primary N) is 1. The van der Waals surface area contributed by atoms with E-state index in [1.54, 1.807) is 12.1 Å². The third-order valence-corrected chi connectivity index (χ3v) is 4.31. The fourth-order valence-corrected chi connectivity index (χ4v) is 3.14. The van der Waals surface area contributed by atoms with Crippen LogP contribution in [-0.2, 0) is 10.5 Å². The highest BCUT2D eigenvalue weighted by atomic mass is 35.5. The van der Waals surface area contributed by atoms with Gasteiger partial charge in [-0.2, -0.15) is 0 Å². The summed E-state index contributed by atoms with van der Waals surface area (Å²) in [6.45, 7) is 0. The van der Waals surface area contributed by atoms with Crippen LogP contribution < -0.4 is 5.73 Å². The second kappa shape index (κ2) is 6.68. The molecular weight excluding hydrogens is 294 g/mol. The Hall–Kier alpha value is -1.65. The molecule has 0 aromatic heterocycles. The van der Waals surface area contributed by atoms with Crippen molar-refractivity contribution in [3.63, 3.8) is 0 Å². The average Bonchev–Trinajstić information content (AvgIpc) is 2.46. The number of rotatable bonds is 4. The van der Waals surface area contributed by atoms with Crippen LogP contribution in [0, 0.1) is 0 Å². The van der Waals surface area contributed by atoms with Crippen molar-refractivity contribution in [2.75, 3.05) is 12.8 Å². The zero-order valence-corrected chi connectivity index (χ0v) is 12.5. The molecule has 3 nitrogen and oxygen atoms in total. The Labute approximate surface area is 127 Å². The largest absolute Gasteiger partial charge is 0.465 e. The van der Waals surface area contributed by atoms with Crippen molar-refractivity contribution >= 4 is 35.0 Å². The van der Waals surface area contributed by atoms with Crippen LogP contribution >= 0.6 is 23.4 Å². The summed E-state index contributed by atoms with van der Waals surface area (Å²) < 4.78 is 4.77. The van der Waals surface area contributed by atoms with Crippen molar-refractivity contribution in [3.8, 4) is 0 Å². The third-order valence-electron chi connectivity index (χ3n) is 2.70. The first-order chi connectivity index (χ1) is 9.61. The van der Waals surface area contributed by atoms with Gasteiger partial charge in [0.15, 0.2) is 0 Å². The van der Waals surface area contributed by atoms with Crippen LogP contribution in [0.25, 0.3) is 0 Å². The molecule has 2 rings (SSSR count). The topological polar surface area (TPSA) is 52.3 Å². The van der Waals surface area contributed by atoms with Crippen LogP contribution in [0.15, 0.2) is 47.4 Å². The summed E-state index contributed by atoms with van der Waals surface area (Å²) in [7, 11) is 1.34. The van der Waals surface area contributed by atoms with Crippen LogP contribution in [0.1, 0.15) is 15.9 Å². The van der Waals surface area contributed by atoms with Gasteiger partial charge in [0.05, 0.1) is 17.7 Å². The highest BCUT2D eigenvalue weighted by Gasteiger charge is 2.16. The van der Waals surface area contributed by atoms with Gasteiger partial charge in [-0.05, 0) is 17.7 Å². The number of halogens is 1. The number of ether oxygens (including phenoxy) is 1. The van der Waals surface area contributed by atoms with E-state index in [0.29, 0.717) is 26.9 Å². The van der Waals surface area contributed by atoms with Crippen molar-refractivity contribution in [1.82, 2.24) is 0 Å². The van der Waals surface area contributed by atoms with Gasteiger partial charge in [0.2, 0.25) is 0 Å². The number of thioether (sulfide) groups is 1. The molecule has 0 saturated heterocycles. The molecule has 0 aliphatic carbocycles. The molecule has 0 amide bonds. The van der Waals surface area contributed by atoms with E-state index in [4.69, 9.17) is 22.1 Å². The van der Waals surface area contributed by atoms with Crippen LogP contribution in [-0.4, -0.2) is 13.1 Å². The molecule has 2 aromatic rings. The van der Waals surface area contributed by atoms with E-state index in [2.05, 4.69) is 0 Å². The smallest absolute Gasteiger partial charge is 0.339 e. The van der Waals surface area contributed by atoms with Crippen LogP contribution in [0.4, 0.5) is 5.69 Å². The summed E-state index contributed by atoms with van der Waals surface area (Å²) >= 11 is 7.68. The molecule has 0 unspecified atom stereocenters. The summed E-state index contributed by atoms with van der Waals surface area (Å²) in [4.78, 5) is 12.5. The number of hydrogen-bond donors (Lipinski definition) is 1. The third kappa shape index (κ3) is 3.46. The zero-order valence-electron chi connectivity index (χ0n) is 10.9. The minimum atomic E-state index is -0.435. The maximum Gasteiger partial charge on any atom is 0.339 e. The molecule has 104 valence electrons. The molecule has 0 atom stereocenters. The van der Waals surface area contributed by atoms with E-state index in [-0.39, 0.29) is 0 Å². The van der Waals surface area contributed by atoms with Crippen LogP contribution in [0.2, 0.25) is 5.02 Å². The lowest BCUT2D eigenvalue weighted by Crippen LogP contribution is -2.05. The van der Waals surface area contributed by atoms with Gasteiger partial charge >= 0.3 is 5.97 Å². The number of esters is 1. The second-order valence-electron chi connectivity index (χ2n) is 4.15. The first-order valence-corrected chi connectivity index (χ1v) is 7.32. The number of hydrogen-bond acceptors (Lipinski definition) is 4. The maximum absolute atomic E-state index is 11.8. The van der Waals surface area contributed by atoms with E-state index in [1.807, 2.05) is 30.3 Å². The molecule has 0 fully saturated rings. The lowest BCUT2D eigenvalue weighted by atomic mass is 10.2. The van der Waals surface area contributed by atoms with Crippen LogP contribution in [0.3, 0.4) is 0 Å². The monoisotopic (exact) mass is 307 g/mol. The summed E-state index contributed by atoms with van der Waals surface area (Å²) in [5, 5.41) is 0.464. The van der Waals surface area contributed by atoms with Gasteiger partial charge < -0.3 is 10.5 Å². The molecule has 20 heavy (non-hydrogen) atoms. The normalized spacial score (nSPS) is 10.3. The molecule has 0 aliphatic rings. The molecule has 0 spiro atoms. The SMILES string of the molecule is COC(=O)c1cc(N)cc(Cl)c1SCc1ccccc1. The van der Waals surface area contributed by atoms with Crippen molar-refractivity contribution in [2.24, 2.45) is 0 Å². The van der Waals surface area contributed by atoms with Gasteiger partial charge in [-0.15, -0.1) is 11.8 Å². The molecular formula is C15H14ClNO2S. The Morgan fingerprint density at radius 2 is 2.00 bits per heavy atom. The number of nitrogen functional groups attached to an aromatic ring is 1. The fraction of sp³-hybridized carbons (Fsp3) is 0.133. The molecule has 0 bridgehead atoms. The minimum absolute atomic E-state index is 0.401. The summed E-state index contributed by atoms with van der Waals surface area (Å²) in [6, 6.07) is 13.2. The Morgan fingerprint density at radius 1 is 1.30 bits per heavy atom. The van der Waals surface area contributed by atoms with Crippen LogP contribution in [0.5, 0.6) is 0 Å². The summed E-state index contributed by atoms with van der Waals surface area (Å²) in [5.41, 5.74) is 7.73. The lowest BCUT2D eigenvalue weighted by Gasteiger charge is -2.11. The van der Waals surface area contributed by atoms with Gasteiger partial charge in [0.25, 0.3) is 0 Å². The predicted octanol–water partition coefficient (Wildman–Crippen LogP) is 4.00. The molecule has 0 saturated carbocycles. The molecule has 5 heteroatoms. The van der Waals surface area contributed by atoms with Gasteiger partial charge in [0, 0.05) is 16.3 Å². The highest BCUT2D eigenvalue weighted by Crippen LogP contribution is 2.35. The number of methoxy groups -OCH3 is 1. The Morgan fingerprint density at radius 3 is 2.65 bits per heavy atom. The Bertz CT molecular complexity index is 617. The Kier molecular flexibility index (Phi) is 4.93. The van der Waals surface area contributed by atoms with E-state index in [1.165, 1.54) is 18.9 Å². The first-order valence-electron chi connectivity index (χ1n) is 5.96. The molecule has 2 aromatic carbocycles. The van der Waals surface area contributed by atoms with E-state index in [9.17, 15) is 4.79 Å². The summed E-state index contributed by atoms with van der Waals surface area (Å²) in [6.07, 6.45) is 0.